The Morgan fingerprint density at radius 2 is 1.81 bits per heavy atom. The van der Waals surface area contributed by atoms with Crippen LogP contribution in [-0.4, -0.2) is 21.6 Å². The van der Waals surface area contributed by atoms with E-state index in [9.17, 15) is 19.4 Å². The standard InChI is InChI=1S/C35H47O7P/c1-5-6-9-16-28-22-31(36)33(30-21-26(4)17-18-29(30)25(2)3)32(23-28)41-34(37)35(19-12-8-13-20-35)42-43(38,39)40-24-27-14-10-7-11-15-27/h7,10-11,14-15,21-23,29-30,36H,2,5-6,8-9,12-13,16-20,24H2,1,3-4H3,(H,38,39)/t29-,30+/m0/s1. The number of allylic oxidation sites excluding steroid dienone is 3. The SMILES string of the molecule is C=C(C)[C@@H]1CCC(C)=C[C@H]1c1c(O)cc(CCCCC)cc1OC(=O)C1(OP(=O)(O)OCc2ccccc2)CCCCC1. The highest BCUT2D eigenvalue weighted by Crippen LogP contribution is 2.53. The molecule has 0 bridgehead atoms. The molecule has 0 aliphatic heterocycles. The summed E-state index contributed by atoms with van der Waals surface area (Å²) in [6.07, 6.45) is 10.4. The third kappa shape index (κ3) is 8.69. The molecule has 0 saturated heterocycles. The molecule has 2 aromatic rings. The van der Waals surface area contributed by atoms with Crippen molar-refractivity contribution in [3.63, 3.8) is 0 Å². The number of esters is 1. The smallest absolute Gasteiger partial charge is 0.473 e. The lowest BCUT2D eigenvalue weighted by Gasteiger charge is -2.36. The van der Waals surface area contributed by atoms with Gasteiger partial charge in [-0.15, -0.1) is 0 Å². The van der Waals surface area contributed by atoms with Crippen LogP contribution in [0.5, 0.6) is 11.5 Å². The summed E-state index contributed by atoms with van der Waals surface area (Å²) < 4.78 is 30.4. The molecule has 1 fully saturated rings. The molecule has 1 unspecified atom stereocenters. The lowest BCUT2D eigenvalue weighted by molar-refractivity contribution is -0.157. The van der Waals surface area contributed by atoms with Crippen molar-refractivity contribution in [1.29, 1.82) is 0 Å². The number of carbonyl (C=O) groups excluding carboxylic acids is 1. The minimum absolute atomic E-state index is 0.0712. The molecule has 234 valence electrons. The molecule has 0 heterocycles. The molecule has 0 amide bonds. The topological polar surface area (TPSA) is 102 Å². The van der Waals surface area contributed by atoms with E-state index < -0.39 is 19.4 Å². The second-order valence-electron chi connectivity index (χ2n) is 12.3. The van der Waals surface area contributed by atoms with Crippen LogP contribution in [0.4, 0.5) is 0 Å². The molecule has 2 aliphatic rings. The number of carbonyl (C=O) groups is 1. The quantitative estimate of drug-likeness (QED) is 0.0767. The van der Waals surface area contributed by atoms with Gasteiger partial charge < -0.3 is 14.7 Å². The number of phenols is 1. The maximum Gasteiger partial charge on any atom is 0.473 e. The largest absolute Gasteiger partial charge is 0.507 e. The lowest BCUT2D eigenvalue weighted by Crippen LogP contribution is -2.45. The van der Waals surface area contributed by atoms with Gasteiger partial charge in [0, 0.05) is 11.5 Å². The van der Waals surface area contributed by atoms with Crippen molar-refractivity contribution in [2.24, 2.45) is 5.92 Å². The van der Waals surface area contributed by atoms with E-state index in [-0.39, 0.29) is 42.8 Å². The summed E-state index contributed by atoms with van der Waals surface area (Å²) in [4.78, 5) is 24.8. The van der Waals surface area contributed by atoms with Crippen LogP contribution < -0.4 is 4.74 Å². The number of aryl methyl sites for hydroxylation is 1. The van der Waals surface area contributed by atoms with Crippen LogP contribution in [-0.2, 0) is 31.4 Å². The Morgan fingerprint density at radius 1 is 1.09 bits per heavy atom. The zero-order valence-corrected chi connectivity index (χ0v) is 26.7. The first-order valence-corrected chi connectivity index (χ1v) is 17.2. The van der Waals surface area contributed by atoms with Crippen LogP contribution in [0, 0.1) is 5.92 Å². The molecule has 3 atom stereocenters. The Hall–Kier alpha value is -2.70. The van der Waals surface area contributed by atoms with Crippen LogP contribution in [0.3, 0.4) is 0 Å². The monoisotopic (exact) mass is 610 g/mol. The average Bonchev–Trinajstić information content (AvgIpc) is 2.97. The predicted molar refractivity (Wildman–Crippen MR) is 169 cm³/mol. The number of unbranched alkanes of at least 4 members (excludes halogenated alkanes) is 2. The third-order valence-corrected chi connectivity index (χ3v) is 9.76. The fraction of sp³-hybridized carbons (Fsp3) is 0.514. The second kappa shape index (κ2) is 14.9. The first kappa shape index (κ1) is 33.2. The van der Waals surface area contributed by atoms with Gasteiger partial charge in [0.15, 0.2) is 5.60 Å². The number of phosphoric acid groups is 1. The Kier molecular flexibility index (Phi) is 11.5. The summed E-state index contributed by atoms with van der Waals surface area (Å²) in [7, 11) is -4.63. The summed E-state index contributed by atoms with van der Waals surface area (Å²) in [5.74, 6) is -0.538. The van der Waals surface area contributed by atoms with E-state index in [1.165, 1.54) is 5.57 Å². The van der Waals surface area contributed by atoms with E-state index >= 15 is 0 Å². The highest BCUT2D eigenvalue weighted by molar-refractivity contribution is 7.47. The number of ether oxygens (including phenoxy) is 1. The van der Waals surface area contributed by atoms with Crippen LogP contribution in [0.2, 0.25) is 0 Å². The van der Waals surface area contributed by atoms with Crippen LogP contribution in [0.15, 0.2) is 66.3 Å². The number of benzene rings is 2. The van der Waals surface area contributed by atoms with Crippen molar-refractivity contribution in [3.05, 3.63) is 83.0 Å². The fourth-order valence-corrected chi connectivity index (χ4v) is 7.41. The van der Waals surface area contributed by atoms with Crippen molar-refractivity contribution in [2.75, 3.05) is 0 Å². The van der Waals surface area contributed by atoms with Crippen LogP contribution >= 0.6 is 7.82 Å². The Labute approximate surface area is 256 Å². The van der Waals surface area contributed by atoms with Gasteiger partial charge in [-0.25, -0.2) is 9.36 Å². The van der Waals surface area contributed by atoms with Gasteiger partial charge in [-0.3, -0.25) is 9.05 Å². The van der Waals surface area contributed by atoms with E-state index in [0.717, 1.165) is 56.1 Å². The number of hydrogen-bond acceptors (Lipinski definition) is 6. The highest BCUT2D eigenvalue weighted by Gasteiger charge is 2.49. The average molecular weight is 611 g/mol. The second-order valence-corrected chi connectivity index (χ2v) is 13.7. The van der Waals surface area contributed by atoms with Gasteiger partial charge in [0.25, 0.3) is 0 Å². The summed E-state index contributed by atoms with van der Waals surface area (Å²) in [6, 6.07) is 12.7. The summed E-state index contributed by atoms with van der Waals surface area (Å²) in [6.45, 7) is 10.3. The van der Waals surface area contributed by atoms with Crippen molar-refractivity contribution >= 4 is 13.8 Å². The van der Waals surface area contributed by atoms with Gasteiger partial charge in [-0.05, 0) is 94.4 Å². The van der Waals surface area contributed by atoms with Gasteiger partial charge >= 0.3 is 13.8 Å². The first-order valence-electron chi connectivity index (χ1n) is 15.7. The predicted octanol–water partition coefficient (Wildman–Crippen LogP) is 9.08. The minimum Gasteiger partial charge on any atom is -0.507 e. The van der Waals surface area contributed by atoms with E-state index in [2.05, 4.69) is 26.5 Å². The van der Waals surface area contributed by atoms with E-state index in [1.807, 2.05) is 31.2 Å². The summed E-state index contributed by atoms with van der Waals surface area (Å²) >= 11 is 0. The van der Waals surface area contributed by atoms with Crippen molar-refractivity contribution < 1.29 is 33.1 Å². The Balaban J connectivity index is 1.68. The number of rotatable bonds is 13. The maximum atomic E-state index is 14.1. The zero-order valence-electron chi connectivity index (χ0n) is 25.8. The maximum absolute atomic E-state index is 14.1. The summed E-state index contributed by atoms with van der Waals surface area (Å²) in [5.41, 5.74) is 2.69. The van der Waals surface area contributed by atoms with E-state index in [4.69, 9.17) is 13.8 Å². The van der Waals surface area contributed by atoms with Gasteiger partial charge in [0.05, 0.1) is 6.61 Å². The van der Waals surface area contributed by atoms with Crippen LogP contribution in [0.25, 0.3) is 0 Å². The summed E-state index contributed by atoms with van der Waals surface area (Å²) in [5, 5.41) is 11.4. The Bertz CT molecular complexity index is 1340. The normalized spacial score (nSPS) is 21.4. The molecule has 0 aromatic heterocycles. The molecule has 0 radical (unpaired) electrons. The number of phosphoric ester groups is 1. The molecule has 0 spiro atoms. The molecule has 1 saturated carbocycles. The van der Waals surface area contributed by atoms with Gasteiger partial charge in [0.1, 0.15) is 11.5 Å². The molecule has 8 heteroatoms. The molecule has 2 aromatic carbocycles. The van der Waals surface area contributed by atoms with Gasteiger partial charge in [-0.2, -0.15) is 0 Å². The Morgan fingerprint density at radius 3 is 2.49 bits per heavy atom. The molecular formula is C35H47O7P. The number of phenolic OH excluding ortho intramolecular Hbond substituents is 1. The highest BCUT2D eigenvalue weighted by atomic mass is 31.2. The van der Waals surface area contributed by atoms with Crippen molar-refractivity contribution in [2.45, 2.75) is 110 Å². The molecule has 2 aliphatic carbocycles. The third-order valence-electron chi connectivity index (χ3n) is 8.73. The zero-order chi connectivity index (χ0) is 31.0. The first-order chi connectivity index (χ1) is 20.5. The fourth-order valence-electron chi connectivity index (χ4n) is 6.34. The molecule has 4 rings (SSSR count). The molecule has 2 N–H and O–H groups in total. The number of aromatic hydroxyl groups is 1. The molecule has 43 heavy (non-hydrogen) atoms. The van der Waals surface area contributed by atoms with Crippen molar-refractivity contribution in [3.8, 4) is 11.5 Å². The van der Waals surface area contributed by atoms with E-state index in [0.29, 0.717) is 24.0 Å². The van der Waals surface area contributed by atoms with Gasteiger partial charge in [0.2, 0.25) is 0 Å². The lowest BCUT2D eigenvalue weighted by atomic mass is 9.73. The van der Waals surface area contributed by atoms with Gasteiger partial charge in [-0.1, -0.05) is 80.3 Å². The van der Waals surface area contributed by atoms with Crippen LogP contribution in [0.1, 0.15) is 108 Å². The number of hydrogen-bond donors (Lipinski definition) is 2. The van der Waals surface area contributed by atoms with Crippen molar-refractivity contribution in [1.82, 2.24) is 0 Å². The molecule has 7 nitrogen and oxygen atoms in total. The minimum atomic E-state index is -4.63. The van der Waals surface area contributed by atoms with E-state index in [1.54, 1.807) is 18.2 Å². The molecular weight excluding hydrogens is 563 g/mol.